The minimum absolute atomic E-state index is 0.460. The summed E-state index contributed by atoms with van der Waals surface area (Å²) in [6.45, 7) is 7.87. The fraction of sp³-hybridized carbons (Fsp3) is 0.500. The molecule has 5 aromatic rings. The molecule has 314 valence electrons. The molecular formula is C46H56BrN11O2. The molecule has 2 aromatic carbocycles. The van der Waals surface area contributed by atoms with E-state index in [1.807, 2.05) is 19.4 Å². The van der Waals surface area contributed by atoms with Crippen molar-refractivity contribution < 1.29 is 9.47 Å². The van der Waals surface area contributed by atoms with Crippen molar-refractivity contribution in [1.29, 1.82) is 0 Å². The van der Waals surface area contributed by atoms with E-state index in [1.165, 1.54) is 79.2 Å². The molecule has 0 amide bonds. The summed E-state index contributed by atoms with van der Waals surface area (Å²) in [5.74, 6) is 1.98. The highest BCUT2D eigenvalue weighted by molar-refractivity contribution is 9.10. The van der Waals surface area contributed by atoms with Gasteiger partial charge in [0.15, 0.2) is 0 Å². The Labute approximate surface area is 361 Å². The summed E-state index contributed by atoms with van der Waals surface area (Å²) in [5, 5.41) is 15.3. The van der Waals surface area contributed by atoms with Crippen LogP contribution in [0.4, 0.5) is 23.0 Å². The van der Waals surface area contributed by atoms with Gasteiger partial charge in [0.2, 0.25) is 0 Å². The van der Waals surface area contributed by atoms with E-state index in [0.717, 1.165) is 116 Å². The van der Waals surface area contributed by atoms with E-state index in [2.05, 4.69) is 103 Å². The molecule has 0 spiro atoms. The van der Waals surface area contributed by atoms with E-state index in [1.54, 1.807) is 17.3 Å². The van der Waals surface area contributed by atoms with Crippen LogP contribution in [0.1, 0.15) is 73.9 Å². The van der Waals surface area contributed by atoms with Crippen molar-refractivity contribution >= 4 is 38.9 Å². The van der Waals surface area contributed by atoms with Crippen LogP contribution in [0.2, 0.25) is 0 Å². The first-order valence-electron chi connectivity index (χ1n) is 22.0. The normalized spacial score (nSPS) is 23.7. The van der Waals surface area contributed by atoms with Gasteiger partial charge >= 0.3 is 0 Å². The Balaban J connectivity index is 0.000000147. The standard InChI is InChI=1S/C25H31N7O.C21H25BrN4O/c1-31-15-20(14-28-31)29-19-3-2-17-12-23-24(22(17)13-19)25(27-16-26-23)30-18-4-6-21(7-5-18)32-8-10-33-11-9-32;22-15-2-1-14-11-19-20(18(14)12-15)21(24-13-23-19)25-16-3-5-17(6-4-16)26-7-9-27-10-8-26/h2-3,13-16,18,21,29H,4-12H2,1H3,(H,26,27,30);1-2,12-13,16-17H,3-11H2,(H,23,24,25). The van der Waals surface area contributed by atoms with Crippen LogP contribution in [0.25, 0.3) is 22.3 Å². The number of benzene rings is 2. The van der Waals surface area contributed by atoms with Crippen LogP contribution in [-0.4, -0.2) is 116 Å². The lowest BCUT2D eigenvalue weighted by atomic mass is 9.89. The molecule has 2 saturated carbocycles. The Morgan fingerprint density at radius 3 is 1.65 bits per heavy atom. The number of nitrogens with zero attached hydrogens (tertiary/aromatic N) is 8. The Kier molecular flexibility index (Phi) is 11.8. The smallest absolute Gasteiger partial charge is 0.137 e. The molecule has 5 heterocycles. The van der Waals surface area contributed by atoms with Crippen molar-refractivity contribution in [2.45, 2.75) is 88.4 Å². The molecule has 2 aliphatic heterocycles. The average molecular weight is 875 g/mol. The van der Waals surface area contributed by atoms with Gasteiger partial charge in [0, 0.05) is 97.7 Å². The number of nitrogens with one attached hydrogen (secondary N) is 3. The monoisotopic (exact) mass is 873 g/mol. The fourth-order valence-electron chi connectivity index (χ4n) is 10.3. The van der Waals surface area contributed by atoms with Gasteiger partial charge in [-0.2, -0.15) is 5.10 Å². The molecule has 14 heteroatoms. The van der Waals surface area contributed by atoms with Crippen LogP contribution in [-0.2, 0) is 29.4 Å². The van der Waals surface area contributed by atoms with Crippen LogP contribution in [0.15, 0.2) is 65.9 Å². The van der Waals surface area contributed by atoms with Gasteiger partial charge in [-0.1, -0.05) is 28.1 Å². The third-order valence-corrected chi connectivity index (χ3v) is 14.0. The second-order valence-corrected chi connectivity index (χ2v) is 18.2. The highest BCUT2D eigenvalue weighted by atomic mass is 79.9. The highest BCUT2D eigenvalue weighted by Gasteiger charge is 2.31. The van der Waals surface area contributed by atoms with Gasteiger partial charge in [0.05, 0.1) is 49.7 Å². The lowest BCUT2D eigenvalue weighted by Crippen LogP contribution is -2.46. The third kappa shape index (κ3) is 8.67. The zero-order chi connectivity index (χ0) is 40.4. The first kappa shape index (κ1) is 39.7. The maximum atomic E-state index is 5.53. The van der Waals surface area contributed by atoms with Crippen molar-refractivity contribution in [3.05, 3.63) is 88.4 Å². The minimum Gasteiger partial charge on any atom is -0.379 e. The van der Waals surface area contributed by atoms with Gasteiger partial charge in [-0.05, 0) is 97.9 Å². The number of aromatic nitrogens is 6. The molecule has 3 aromatic heterocycles. The number of morpholine rings is 2. The number of hydrogen-bond acceptors (Lipinski definition) is 12. The average Bonchev–Trinajstić information content (AvgIpc) is 4.00. The number of hydrogen-bond donors (Lipinski definition) is 3. The molecule has 6 aliphatic rings. The SMILES string of the molecule is Brc1ccc2c(c1)-c1c(ncnc1NC1CCC(N3CCOCC3)CC1)C2.Cn1cc(Nc2ccc3c(c2)-c2c(ncnc2NC2CCC(N4CCOCC4)CC2)C3)cn1. The molecule has 4 aliphatic carbocycles. The summed E-state index contributed by atoms with van der Waals surface area (Å²) in [6, 6.07) is 15.4. The summed E-state index contributed by atoms with van der Waals surface area (Å²) in [5.41, 5.74) is 11.8. The maximum absolute atomic E-state index is 5.53. The maximum Gasteiger partial charge on any atom is 0.137 e. The highest BCUT2D eigenvalue weighted by Crippen LogP contribution is 2.43. The van der Waals surface area contributed by atoms with Crippen molar-refractivity contribution in [2.75, 3.05) is 68.6 Å². The third-order valence-electron chi connectivity index (χ3n) is 13.5. The molecule has 3 N–H and O–H groups in total. The van der Waals surface area contributed by atoms with E-state index < -0.39 is 0 Å². The van der Waals surface area contributed by atoms with Crippen LogP contribution >= 0.6 is 15.9 Å². The van der Waals surface area contributed by atoms with E-state index in [9.17, 15) is 0 Å². The van der Waals surface area contributed by atoms with Crippen molar-refractivity contribution in [3.8, 4) is 22.3 Å². The van der Waals surface area contributed by atoms with E-state index in [4.69, 9.17) is 9.47 Å². The Hall–Kier alpha value is -4.47. The predicted molar refractivity (Wildman–Crippen MR) is 239 cm³/mol. The molecular weight excluding hydrogens is 818 g/mol. The van der Waals surface area contributed by atoms with Gasteiger partial charge in [-0.15, -0.1) is 0 Å². The van der Waals surface area contributed by atoms with Gasteiger partial charge in [0.1, 0.15) is 24.3 Å². The molecule has 0 radical (unpaired) electrons. The van der Waals surface area contributed by atoms with Gasteiger partial charge in [-0.25, -0.2) is 19.9 Å². The topological polar surface area (TPSA) is 130 Å². The summed E-state index contributed by atoms with van der Waals surface area (Å²) in [6.07, 6.45) is 18.7. The number of rotatable bonds is 8. The quantitative estimate of drug-likeness (QED) is 0.140. The summed E-state index contributed by atoms with van der Waals surface area (Å²) in [4.78, 5) is 23.7. The zero-order valence-corrected chi connectivity index (χ0v) is 36.2. The van der Waals surface area contributed by atoms with E-state index >= 15 is 0 Å². The fourth-order valence-corrected chi connectivity index (χ4v) is 10.7. The number of fused-ring (bicyclic) bond motifs is 6. The summed E-state index contributed by atoms with van der Waals surface area (Å²) < 4.78 is 13.9. The Morgan fingerprint density at radius 1 is 0.617 bits per heavy atom. The van der Waals surface area contributed by atoms with Gasteiger partial charge < -0.3 is 25.4 Å². The summed E-state index contributed by atoms with van der Waals surface area (Å²) >= 11 is 3.61. The molecule has 0 atom stereocenters. The van der Waals surface area contributed by atoms with Crippen LogP contribution in [0.3, 0.4) is 0 Å². The van der Waals surface area contributed by atoms with Crippen LogP contribution in [0, 0.1) is 0 Å². The lowest BCUT2D eigenvalue weighted by Gasteiger charge is -2.39. The number of aryl methyl sites for hydroxylation is 1. The van der Waals surface area contributed by atoms with Gasteiger partial charge in [-0.3, -0.25) is 14.5 Å². The second kappa shape index (κ2) is 17.9. The molecule has 13 nitrogen and oxygen atoms in total. The Morgan fingerprint density at radius 2 is 1.13 bits per heavy atom. The minimum atomic E-state index is 0.460. The van der Waals surface area contributed by atoms with Crippen LogP contribution < -0.4 is 16.0 Å². The number of halogens is 1. The van der Waals surface area contributed by atoms with Crippen molar-refractivity contribution in [3.63, 3.8) is 0 Å². The predicted octanol–water partition coefficient (Wildman–Crippen LogP) is 7.45. The van der Waals surface area contributed by atoms with E-state index in [0.29, 0.717) is 18.1 Å². The largest absolute Gasteiger partial charge is 0.379 e. The van der Waals surface area contributed by atoms with E-state index in [-0.39, 0.29) is 0 Å². The lowest BCUT2D eigenvalue weighted by molar-refractivity contribution is 0.00788. The number of ether oxygens (including phenoxy) is 2. The van der Waals surface area contributed by atoms with Crippen molar-refractivity contribution in [1.82, 2.24) is 39.5 Å². The van der Waals surface area contributed by atoms with Crippen molar-refractivity contribution in [2.24, 2.45) is 7.05 Å². The molecule has 2 saturated heterocycles. The first-order chi connectivity index (χ1) is 29.5. The molecule has 0 bridgehead atoms. The molecule has 4 fully saturated rings. The molecule has 0 unspecified atom stereocenters. The summed E-state index contributed by atoms with van der Waals surface area (Å²) in [7, 11) is 1.92. The first-order valence-corrected chi connectivity index (χ1v) is 22.8. The van der Waals surface area contributed by atoms with Crippen LogP contribution in [0.5, 0.6) is 0 Å². The second-order valence-electron chi connectivity index (χ2n) is 17.2. The molecule has 11 rings (SSSR count). The molecule has 60 heavy (non-hydrogen) atoms. The van der Waals surface area contributed by atoms with Gasteiger partial charge in [0.25, 0.3) is 0 Å². The number of anilines is 4. The Bertz CT molecular complexity index is 2270. The zero-order valence-electron chi connectivity index (χ0n) is 34.6.